The fourth-order valence-corrected chi connectivity index (χ4v) is 3.68. The highest BCUT2D eigenvalue weighted by Crippen LogP contribution is 2.43. The van der Waals surface area contributed by atoms with E-state index in [9.17, 15) is 13.9 Å². The molecule has 2 aromatic rings. The minimum atomic E-state index is -1.14. The lowest BCUT2D eigenvalue weighted by atomic mass is 10.0. The number of hydrogen-bond donors (Lipinski definition) is 1. The van der Waals surface area contributed by atoms with Gasteiger partial charge in [-0.15, -0.1) is 11.8 Å². The van der Waals surface area contributed by atoms with Crippen molar-refractivity contribution >= 4 is 11.8 Å². The molecule has 98 valence electrons. The number of thioether (sulfide) groups is 1. The van der Waals surface area contributed by atoms with Crippen molar-refractivity contribution in [2.45, 2.75) is 22.7 Å². The molecule has 1 nitrogen and oxygen atoms in total. The lowest BCUT2D eigenvalue weighted by Gasteiger charge is -2.18. The summed E-state index contributed by atoms with van der Waals surface area (Å²) in [5, 5.41) is 10.0. The van der Waals surface area contributed by atoms with Crippen LogP contribution in [0.25, 0.3) is 0 Å². The molecule has 0 spiro atoms. The van der Waals surface area contributed by atoms with E-state index >= 15 is 0 Å². The van der Waals surface area contributed by atoms with E-state index in [4.69, 9.17) is 0 Å². The Morgan fingerprint density at radius 2 is 1.74 bits per heavy atom. The molecule has 19 heavy (non-hydrogen) atoms. The van der Waals surface area contributed by atoms with E-state index in [0.29, 0.717) is 6.42 Å². The van der Waals surface area contributed by atoms with E-state index < -0.39 is 17.7 Å². The SMILES string of the molecule is OC(c1c(F)cccc1F)C1Cc2ccccc2S1. The predicted octanol–water partition coefficient (Wildman–Crippen LogP) is 3.72. The molecule has 0 amide bonds. The van der Waals surface area contributed by atoms with Gasteiger partial charge in [-0.25, -0.2) is 8.78 Å². The molecule has 3 rings (SSSR count). The number of halogens is 2. The van der Waals surface area contributed by atoms with E-state index in [1.165, 1.54) is 30.0 Å². The fraction of sp³-hybridized carbons (Fsp3) is 0.200. The van der Waals surface area contributed by atoms with Crippen LogP contribution in [0.3, 0.4) is 0 Å². The van der Waals surface area contributed by atoms with Crippen molar-refractivity contribution in [3.63, 3.8) is 0 Å². The summed E-state index contributed by atoms with van der Waals surface area (Å²) in [6.45, 7) is 0. The Kier molecular flexibility index (Phi) is 3.29. The molecule has 0 bridgehead atoms. The van der Waals surface area contributed by atoms with Crippen LogP contribution in [-0.2, 0) is 6.42 Å². The number of fused-ring (bicyclic) bond motifs is 1. The second kappa shape index (κ2) is 4.94. The largest absolute Gasteiger partial charge is 0.387 e. The Labute approximate surface area is 114 Å². The molecule has 2 unspecified atom stereocenters. The zero-order valence-corrected chi connectivity index (χ0v) is 10.8. The maximum Gasteiger partial charge on any atom is 0.131 e. The highest BCUT2D eigenvalue weighted by molar-refractivity contribution is 8.00. The highest BCUT2D eigenvalue weighted by Gasteiger charge is 2.32. The molecule has 2 atom stereocenters. The summed E-state index contributed by atoms with van der Waals surface area (Å²) in [6, 6.07) is 11.4. The third-order valence-corrected chi connectivity index (χ3v) is 4.70. The van der Waals surface area contributed by atoms with E-state index in [1.54, 1.807) is 0 Å². The van der Waals surface area contributed by atoms with Crippen LogP contribution in [0.15, 0.2) is 47.4 Å². The summed E-state index contributed by atoms with van der Waals surface area (Å²) >= 11 is 1.47. The first-order valence-corrected chi connectivity index (χ1v) is 6.91. The fourth-order valence-electron chi connectivity index (χ4n) is 2.36. The molecule has 1 aliphatic rings. The van der Waals surface area contributed by atoms with Crippen molar-refractivity contribution in [3.8, 4) is 0 Å². The summed E-state index contributed by atoms with van der Waals surface area (Å²) in [4.78, 5) is 1.07. The van der Waals surface area contributed by atoms with Gasteiger partial charge in [0.25, 0.3) is 0 Å². The van der Waals surface area contributed by atoms with Crippen molar-refractivity contribution in [2.75, 3.05) is 0 Å². The van der Waals surface area contributed by atoms with E-state index in [1.807, 2.05) is 24.3 Å². The molecule has 4 heteroatoms. The Morgan fingerprint density at radius 1 is 1.05 bits per heavy atom. The number of aliphatic hydroxyl groups excluding tert-OH is 1. The third kappa shape index (κ3) is 2.26. The molecular formula is C15H12F2OS. The molecule has 0 aliphatic carbocycles. The Hall–Kier alpha value is -1.39. The van der Waals surface area contributed by atoms with Gasteiger partial charge in [-0.2, -0.15) is 0 Å². The van der Waals surface area contributed by atoms with Gasteiger partial charge in [0.15, 0.2) is 0 Å². The minimum absolute atomic E-state index is 0.229. The van der Waals surface area contributed by atoms with Crippen LogP contribution in [0, 0.1) is 11.6 Å². The van der Waals surface area contributed by atoms with Crippen LogP contribution in [0.2, 0.25) is 0 Å². The van der Waals surface area contributed by atoms with Gasteiger partial charge >= 0.3 is 0 Å². The first-order valence-electron chi connectivity index (χ1n) is 6.03. The summed E-state index contributed by atoms with van der Waals surface area (Å²) < 4.78 is 27.3. The standard InChI is InChI=1S/C15H12F2OS/c16-10-5-3-6-11(17)14(10)15(18)13-8-9-4-1-2-7-12(9)19-13/h1-7,13,15,18H,8H2. The summed E-state index contributed by atoms with van der Waals surface area (Å²) in [5.74, 6) is -1.38. The van der Waals surface area contributed by atoms with Crippen LogP contribution < -0.4 is 0 Å². The van der Waals surface area contributed by atoms with E-state index in [2.05, 4.69) is 0 Å². The smallest absolute Gasteiger partial charge is 0.131 e. The van der Waals surface area contributed by atoms with Crippen LogP contribution in [0.4, 0.5) is 8.78 Å². The normalized spacial score (nSPS) is 19.2. The second-order valence-electron chi connectivity index (χ2n) is 4.55. The third-order valence-electron chi connectivity index (χ3n) is 3.32. The molecular weight excluding hydrogens is 266 g/mol. The van der Waals surface area contributed by atoms with Gasteiger partial charge in [0.2, 0.25) is 0 Å². The molecule has 1 heterocycles. The lowest BCUT2D eigenvalue weighted by Crippen LogP contribution is -2.17. The van der Waals surface area contributed by atoms with Gasteiger partial charge in [-0.1, -0.05) is 24.3 Å². The van der Waals surface area contributed by atoms with Crippen molar-refractivity contribution < 1.29 is 13.9 Å². The van der Waals surface area contributed by atoms with Gasteiger partial charge in [0, 0.05) is 10.1 Å². The number of rotatable bonds is 2. The molecule has 2 aromatic carbocycles. The van der Waals surface area contributed by atoms with E-state index in [-0.39, 0.29) is 10.8 Å². The van der Waals surface area contributed by atoms with Gasteiger partial charge in [-0.05, 0) is 30.2 Å². The second-order valence-corrected chi connectivity index (χ2v) is 5.83. The molecule has 0 saturated heterocycles. The molecule has 0 fully saturated rings. The maximum absolute atomic E-state index is 13.7. The summed E-state index contributed by atoms with van der Waals surface area (Å²) in [5.41, 5.74) is 0.890. The Balaban J connectivity index is 1.89. The monoisotopic (exact) mass is 278 g/mol. The highest BCUT2D eigenvalue weighted by atomic mass is 32.2. The van der Waals surface area contributed by atoms with Gasteiger partial charge in [0.1, 0.15) is 11.6 Å². The van der Waals surface area contributed by atoms with Crippen LogP contribution in [0.5, 0.6) is 0 Å². The average molecular weight is 278 g/mol. The van der Waals surface area contributed by atoms with Crippen LogP contribution in [0.1, 0.15) is 17.2 Å². The van der Waals surface area contributed by atoms with Crippen LogP contribution >= 0.6 is 11.8 Å². The summed E-state index contributed by atoms with van der Waals surface area (Å²) in [7, 11) is 0. The van der Waals surface area contributed by atoms with E-state index in [0.717, 1.165) is 10.5 Å². The molecule has 1 aliphatic heterocycles. The Bertz CT molecular complexity index is 570. The number of aliphatic hydroxyl groups is 1. The number of hydrogen-bond acceptors (Lipinski definition) is 2. The zero-order valence-electron chi connectivity index (χ0n) is 10.0. The van der Waals surface area contributed by atoms with Crippen molar-refractivity contribution in [2.24, 2.45) is 0 Å². The lowest BCUT2D eigenvalue weighted by molar-refractivity contribution is 0.165. The van der Waals surface area contributed by atoms with Crippen LogP contribution in [-0.4, -0.2) is 10.4 Å². The summed E-state index contributed by atoms with van der Waals surface area (Å²) in [6.07, 6.45) is -0.519. The number of benzene rings is 2. The van der Waals surface area contributed by atoms with Crippen molar-refractivity contribution in [3.05, 3.63) is 65.2 Å². The molecule has 0 saturated carbocycles. The van der Waals surface area contributed by atoms with Gasteiger partial charge < -0.3 is 5.11 Å². The first kappa shape index (κ1) is 12.6. The average Bonchev–Trinajstić information content (AvgIpc) is 2.82. The maximum atomic E-state index is 13.7. The van der Waals surface area contributed by atoms with Gasteiger partial charge in [-0.3, -0.25) is 0 Å². The molecule has 1 N–H and O–H groups in total. The predicted molar refractivity (Wildman–Crippen MR) is 71.1 cm³/mol. The molecule has 0 aromatic heterocycles. The van der Waals surface area contributed by atoms with Crippen molar-refractivity contribution in [1.82, 2.24) is 0 Å². The topological polar surface area (TPSA) is 20.2 Å². The zero-order chi connectivity index (χ0) is 13.4. The Morgan fingerprint density at radius 3 is 2.42 bits per heavy atom. The quantitative estimate of drug-likeness (QED) is 0.903. The van der Waals surface area contributed by atoms with Crippen molar-refractivity contribution in [1.29, 1.82) is 0 Å². The van der Waals surface area contributed by atoms with Gasteiger partial charge in [0.05, 0.1) is 11.7 Å². The first-order chi connectivity index (χ1) is 9.16. The minimum Gasteiger partial charge on any atom is -0.387 e. The molecule has 0 radical (unpaired) electrons.